The number of quaternary nitrogens is 1. The molecule has 134 valence electrons. The molecule has 2 aromatic rings. The van der Waals surface area contributed by atoms with Gasteiger partial charge >= 0.3 is 0 Å². The fourth-order valence-corrected chi connectivity index (χ4v) is 3.75. The summed E-state index contributed by atoms with van der Waals surface area (Å²) >= 11 is 5.99. The molecule has 4 heteroatoms. The molecule has 1 aliphatic rings. The fourth-order valence-electron chi connectivity index (χ4n) is 3.62. The molecule has 25 heavy (non-hydrogen) atoms. The molecule has 2 atom stereocenters. The molecule has 0 aliphatic carbocycles. The Labute approximate surface area is 155 Å². The summed E-state index contributed by atoms with van der Waals surface area (Å²) in [6.45, 7) is 5.71. The zero-order chi connectivity index (χ0) is 17.8. The molecule has 0 amide bonds. The largest absolute Gasteiger partial charge is 0.493 e. The molecule has 1 aliphatic heterocycles. The van der Waals surface area contributed by atoms with Crippen molar-refractivity contribution in [2.24, 2.45) is 0 Å². The second-order valence-electron chi connectivity index (χ2n) is 6.89. The van der Waals surface area contributed by atoms with Gasteiger partial charge in [-0.05, 0) is 41.3 Å². The van der Waals surface area contributed by atoms with E-state index in [4.69, 9.17) is 21.1 Å². The third-order valence-corrected chi connectivity index (χ3v) is 5.52. The van der Waals surface area contributed by atoms with E-state index >= 15 is 0 Å². The molecule has 0 saturated carbocycles. The maximum absolute atomic E-state index is 5.99. The summed E-state index contributed by atoms with van der Waals surface area (Å²) in [4.78, 5) is 1.64. The monoisotopic (exact) mass is 360 g/mol. The second kappa shape index (κ2) is 8.11. The van der Waals surface area contributed by atoms with Crippen LogP contribution in [0, 0.1) is 0 Å². The van der Waals surface area contributed by atoms with Gasteiger partial charge in [-0.3, -0.25) is 0 Å². The Kier molecular flexibility index (Phi) is 5.87. The van der Waals surface area contributed by atoms with Crippen LogP contribution in [-0.2, 0) is 13.0 Å². The molecular formula is C21H27ClNO2+. The molecule has 0 spiro atoms. The highest BCUT2D eigenvalue weighted by Gasteiger charge is 2.22. The number of rotatable bonds is 6. The van der Waals surface area contributed by atoms with Crippen molar-refractivity contribution in [1.82, 2.24) is 0 Å². The first-order valence-electron chi connectivity index (χ1n) is 8.93. The van der Waals surface area contributed by atoms with Crippen molar-refractivity contribution in [2.75, 3.05) is 27.3 Å². The first-order chi connectivity index (χ1) is 12.1. The molecule has 0 radical (unpaired) electrons. The Bertz CT molecular complexity index is 715. The zero-order valence-electron chi connectivity index (χ0n) is 15.3. The van der Waals surface area contributed by atoms with Crippen LogP contribution in [0.2, 0.25) is 5.02 Å². The lowest BCUT2D eigenvalue weighted by Gasteiger charge is -2.27. The highest BCUT2D eigenvalue weighted by atomic mass is 35.5. The minimum absolute atomic E-state index is 0.552. The minimum atomic E-state index is 0.552. The molecule has 3 rings (SSSR count). The Hall–Kier alpha value is -1.71. The average Bonchev–Trinajstić information content (AvgIpc) is 2.65. The van der Waals surface area contributed by atoms with Crippen molar-refractivity contribution in [3.05, 3.63) is 58.1 Å². The number of fused-ring (bicyclic) bond motifs is 1. The van der Waals surface area contributed by atoms with Crippen LogP contribution < -0.4 is 14.4 Å². The summed E-state index contributed by atoms with van der Waals surface area (Å²) in [5.74, 6) is 2.22. The molecule has 1 N–H and O–H groups in total. The predicted molar refractivity (Wildman–Crippen MR) is 102 cm³/mol. The van der Waals surface area contributed by atoms with E-state index < -0.39 is 0 Å². The smallest absolute Gasteiger partial charge is 0.161 e. The van der Waals surface area contributed by atoms with E-state index in [0.717, 1.165) is 29.5 Å². The number of hydrogen-bond donors (Lipinski definition) is 1. The van der Waals surface area contributed by atoms with Crippen molar-refractivity contribution in [1.29, 1.82) is 0 Å². The Balaban J connectivity index is 1.62. The number of methoxy groups -OCH3 is 2. The third kappa shape index (κ3) is 4.28. The van der Waals surface area contributed by atoms with Crippen LogP contribution in [-0.4, -0.2) is 27.3 Å². The number of benzene rings is 2. The van der Waals surface area contributed by atoms with E-state index in [1.807, 2.05) is 12.1 Å². The lowest BCUT2D eigenvalue weighted by Crippen LogP contribution is -3.11. The minimum Gasteiger partial charge on any atom is -0.493 e. The summed E-state index contributed by atoms with van der Waals surface area (Å²) in [5, 5.41) is 0.804. The molecule has 0 bridgehead atoms. The van der Waals surface area contributed by atoms with E-state index in [1.54, 1.807) is 19.1 Å². The topological polar surface area (TPSA) is 22.9 Å². The Morgan fingerprint density at radius 2 is 1.68 bits per heavy atom. The van der Waals surface area contributed by atoms with E-state index in [1.165, 1.54) is 36.2 Å². The molecule has 1 unspecified atom stereocenters. The first-order valence-corrected chi connectivity index (χ1v) is 9.31. The summed E-state index contributed by atoms with van der Waals surface area (Å²) in [6, 6.07) is 12.5. The number of nitrogens with one attached hydrogen (secondary N) is 1. The van der Waals surface area contributed by atoms with Crippen molar-refractivity contribution < 1.29 is 14.4 Å². The SMILES string of the molecule is COc1cc2c(cc1OC)C[NH+](CC[C@H](C)c1ccc(Cl)cc1)CC2. The van der Waals surface area contributed by atoms with Crippen LogP contribution in [0.25, 0.3) is 0 Å². The van der Waals surface area contributed by atoms with Crippen LogP contribution in [0.4, 0.5) is 0 Å². The zero-order valence-corrected chi connectivity index (χ0v) is 16.0. The van der Waals surface area contributed by atoms with Gasteiger partial charge in [0.1, 0.15) is 6.54 Å². The standard InChI is InChI=1S/C21H26ClNO2/c1-15(16-4-6-19(22)7-5-16)8-10-23-11-9-17-12-20(24-2)21(25-3)13-18(17)14-23/h4-7,12-13,15H,8-11,14H2,1-3H3/p+1/t15-/m0/s1. The van der Waals surface area contributed by atoms with Crippen molar-refractivity contribution in [2.45, 2.75) is 32.2 Å². The molecule has 0 saturated heterocycles. The van der Waals surface area contributed by atoms with Crippen LogP contribution in [0.3, 0.4) is 0 Å². The Morgan fingerprint density at radius 1 is 1.04 bits per heavy atom. The van der Waals surface area contributed by atoms with Gasteiger partial charge in [0.05, 0.1) is 27.3 Å². The second-order valence-corrected chi connectivity index (χ2v) is 7.33. The summed E-state index contributed by atoms with van der Waals surface area (Å²) < 4.78 is 10.9. The number of ether oxygens (including phenoxy) is 2. The van der Waals surface area contributed by atoms with Gasteiger partial charge < -0.3 is 14.4 Å². The maximum atomic E-state index is 5.99. The highest BCUT2D eigenvalue weighted by Crippen LogP contribution is 2.31. The summed E-state index contributed by atoms with van der Waals surface area (Å²) in [6.07, 6.45) is 2.28. The highest BCUT2D eigenvalue weighted by molar-refractivity contribution is 6.30. The number of halogens is 1. The molecule has 0 fully saturated rings. The van der Waals surface area contributed by atoms with Gasteiger partial charge in [-0.25, -0.2) is 0 Å². The van der Waals surface area contributed by atoms with Gasteiger partial charge in [0, 0.05) is 23.4 Å². The normalized spacial score (nSPS) is 17.7. The average molecular weight is 361 g/mol. The maximum Gasteiger partial charge on any atom is 0.161 e. The molecular weight excluding hydrogens is 334 g/mol. The van der Waals surface area contributed by atoms with Crippen LogP contribution in [0.15, 0.2) is 36.4 Å². The quantitative estimate of drug-likeness (QED) is 0.852. The van der Waals surface area contributed by atoms with Crippen molar-refractivity contribution in [3.63, 3.8) is 0 Å². The van der Waals surface area contributed by atoms with Gasteiger partial charge in [0.25, 0.3) is 0 Å². The van der Waals surface area contributed by atoms with E-state index in [0.29, 0.717) is 5.92 Å². The molecule has 0 aromatic heterocycles. The van der Waals surface area contributed by atoms with Gasteiger partial charge in [0.15, 0.2) is 11.5 Å². The van der Waals surface area contributed by atoms with Crippen LogP contribution in [0.1, 0.15) is 36.0 Å². The lowest BCUT2D eigenvalue weighted by molar-refractivity contribution is -0.916. The van der Waals surface area contributed by atoms with E-state index in [2.05, 4.69) is 31.2 Å². The summed E-state index contributed by atoms with van der Waals surface area (Å²) in [7, 11) is 3.40. The van der Waals surface area contributed by atoms with Gasteiger partial charge in [-0.15, -0.1) is 0 Å². The summed E-state index contributed by atoms with van der Waals surface area (Å²) in [5.41, 5.74) is 4.15. The van der Waals surface area contributed by atoms with Crippen LogP contribution >= 0.6 is 11.6 Å². The lowest BCUT2D eigenvalue weighted by atomic mass is 9.95. The van der Waals surface area contributed by atoms with Crippen LogP contribution in [0.5, 0.6) is 11.5 Å². The Morgan fingerprint density at radius 3 is 2.32 bits per heavy atom. The van der Waals surface area contributed by atoms with Crippen molar-refractivity contribution in [3.8, 4) is 11.5 Å². The van der Waals surface area contributed by atoms with E-state index in [9.17, 15) is 0 Å². The molecule has 1 heterocycles. The molecule has 2 aromatic carbocycles. The van der Waals surface area contributed by atoms with Crippen molar-refractivity contribution >= 4 is 11.6 Å². The van der Waals surface area contributed by atoms with E-state index in [-0.39, 0.29) is 0 Å². The molecule has 3 nitrogen and oxygen atoms in total. The van der Waals surface area contributed by atoms with Gasteiger partial charge in [0.2, 0.25) is 0 Å². The predicted octanol–water partition coefficient (Wildman–Crippen LogP) is 3.49. The number of hydrogen-bond acceptors (Lipinski definition) is 2. The fraction of sp³-hybridized carbons (Fsp3) is 0.429. The van der Waals surface area contributed by atoms with Gasteiger partial charge in [-0.1, -0.05) is 30.7 Å². The van der Waals surface area contributed by atoms with Gasteiger partial charge in [-0.2, -0.15) is 0 Å². The third-order valence-electron chi connectivity index (χ3n) is 5.26. The first kappa shape index (κ1) is 18.1.